The van der Waals surface area contributed by atoms with Crippen LogP contribution >= 0.6 is 11.6 Å². The maximum atomic E-state index is 6.21. The van der Waals surface area contributed by atoms with E-state index < -0.39 is 0 Å². The van der Waals surface area contributed by atoms with Crippen LogP contribution in [0.5, 0.6) is 0 Å². The highest BCUT2D eigenvalue weighted by atomic mass is 35.5. The summed E-state index contributed by atoms with van der Waals surface area (Å²) in [5.74, 6) is 1.18. The SMILES string of the molecule is Clc1ccccc1-c1nnc(CN2CCCC2CN2CCCC2)o1. The van der Waals surface area contributed by atoms with Gasteiger partial charge in [-0.1, -0.05) is 23.7 Å². The quantitative estimate of drug-likeness (QED) is 0.829. The van der Waals surface area contributed by atoms with Crippen molar-refractivity contribution in [3.63, 3.8) is 0 Å². The van der Waals surface area contributed by atoms with Crippen molar-refractivity contribution in [2.45, 2.75) is 38.3 Å². The Morgan fingerprint density at radius 3 is 2.75 bits per heavy atom. The predicted octanol–water partition coefficient (Wildman–Crippen LogP) is 3.45. The van der Waals surface area contributed by atoms with Crippen molar-refractivity contribution in [3.05, 3.63) is 35.2 Å². The van der Waals surface area contributed by atoms with Crippen LogP contribution < -0.4 is 0 Å². The molecule has 5 nitrogen and oxygen atoms in total. The van der Waals surface area contributed by atoms with Crippen molar-refractivity contribution in [2.24, 2.45) is 0 Å². The van der Waals surface area contributed by atoms with E-state index >= 15 is 0 Å². The molecule has 0 saturated carbocycles. The van der Waals surface area contributed by atoms with Crippen LogP contribution in [0.3, 0.4) is 0 Å². The fourth-order valence-corrected chi connectivity index (χ4v) is 4.02. The molecule has 0 N–H and O–H groups in total. The summed E-state index contributed by atoms with van der Waals surface area (Å²) >= 11 is 6.21. The average molecular weight is 347 g/mol. The zero-order valence-corrected chi connectivity index (χ0v) is 14.6. The summed E-state index contributed by atoms with van der Waals surface area (Å²) in [6, 6.07) is 8.19. The van der Waals surface area contributed by atoms with E-state index in [-0.39, 0.29) is 0 Å². The molecule has 2 aliphatic heterocycles. The van der Waals surface area contributed by atoms with Crippen LogP contribution in [0.4, 0.5) is 0 Å². The van der Waals surface area contributed by atoms with E-state index in [1.165, 1.54) is 45.3 Å². The van der Waals surface area contributed by atoms with Gasteiger partial charge in [-0.2, -0.15) is 0 Å². The van der Waals surface area contributed by atoms with Crippen LogP contribution in [0.2, 0.25) is 5.02 Å². The van der Waals surface area contributed by atoms with E-state index in [2.05, 4.69) is 20.0 Å². The molecule has 4 rings (SSSR count). The molecule has 1 unspecified atom stereocenters. The maximum absolute atomic E-state index is 6.21. The minimum Gasteiger partial charge on any atom is -0.419 e. The third-order valence-electron chi connectivity index (χ3n) is 5.08. The van der Waals surface area contributed by atoms with Crippen molar-refractivity contribution in [1.29, 1.82) is 0 Å². The van der Waals surface area contributed by atoms with E-state index in [4.69, 9.17) is 16.0 Å². The largest absolute Gasteiger partial charge is 0.419 e. The highest BCUT2D eigenvalue weighted by molar-refractivity contribution is 6.33. The molecule has 1 aromatic carbocycles. The summed E-state index contributed by atoms with van der Waals surface area (Å²) in [6.07, 6.45) is 5.21. The molecule has 2 aliphatic rings. The molecule has 3 heterocycles. The number of benzene rings is 1. The standard InChI is InChI=1S/C18H23ClN4O/c19-16-8-2-1-7-15(16)18-21-20-17(24-18)13-23-11-5-6-14(23)12-22-9-3-4-10-22/h1-2,7-8,14H,3-6,9-13H2. The molecule has 0 radical (unpaired) electrons. The van der Waals surface area contributed by atoms with Gasteiger partial charge >= 0.3 is 0 Å². The molecule has 24 heavy (non-hydrogen) atoms. The van der Waals surface area contributed by atoms with E-state index in [0.29, 0.717) is 22.8 Å². The van der Waals surface area contributed by atoms with Gasteiger partial charge in [0.15, 0.2) is 0 Å². The molecule has 6 heteroatoms. The number of rotatable bonds is 5. The molecular formula is C18H23ClN4O. The van der Waals surface area contributed by atoms with Gasteiger partial charge in [0.05, 0.1) is 17.1 Å². The molecule has 1 aromatic heterocycles. The lowest BCUT2D eigenvalue weighted by Gasteiger charge is -2.27. The molecule has 2 fully saturated rings. The van der Waals surface area contributed by atoms with Gasteiger partial charge in [-0.3, -0.25) is 4.90 Å². The summed E-state index contributed by atoms with van der Waals surface area (Å²) < 4.78 is 5.87. The smallest absolute Gasteiger partial charge is 0.249 e. The first-order valence-corrected chi connectivity index (χ1v) is 9.21. The van der Waals surface area contributed by atoms with Gasteiger partial charge < -0.3 is 9.32 Å². The third-order valence-corrected chi connectivity index (χ3v) is 5.41. The molecule has 1 atom stereocenters. The monoisotopic (exact) mass is 346 g/mol. The molecule has 2 saturated heterocycles. The van der Waals surface area contributed by atoms with Crippen molar-refractivity contribution < 1.29 is 4.42 Å². The van der Waals surface area contributed by atoms with Crippen LogP contribution in [0, 0.1) is 0 Å². The van der Waals surface area contributed by atoms with Crippen LogP contribution in [0.1, 0.15) is 31.6 Å². The zero-order chi connectivity index (χ0) is 16.4. The molecule has 0 spiro atoms. The van der Waals surface area contributed by atoms with E-state index in [1.807, 2.05) is 24.3 Å². The second-order valence-electron chi connectivity index (χ2n) is 6.76. The van der Waals surface area contributed by atoms with E-state index in [0.717, 1.165) is 18.7 Å². The van der Waals surface area contributed by atoms with Crippen molar-refractivity contribution in [3.8, 4) is 11.5 Å². The number of aromatic nitrogens is 2. The molecule has 0 amide bonds. The summed E-state index contributed by atoms with van der Waals surface area (Å²) in [7, 11) is 0. The number of hydrogen-bond acceptors (Lipinski definition) is 5. The Morgan fingerprint density at radius 1 is 1.08 bits per heavy atom. The predicted molar refractivity (Wildman–Crippen MR) is 93.9 cm³/mol. The fourth-order valence-electron chi connectivity index (χ4n) is 3.81. The minimum atomic E-state index is 0.505. The Morgan fingerprint density at radius 2 is 1.92 bits per heavy atom. The van der Waals surface area contributed by atoms with E-state index in [9.17, 15) is 0 Å². The molecule has 2 aromatic rings. The Bertz CT molecular complexity index is 683. The third kappa shape index (κ3) is 3.48. The van der Waals surface area contributed by atoms with Gasteiger partial charge in [-0.25, -0.2) is 0 Å². The fraction of sp³-hybridized carbons (Fsp3) is 0.556. The number of halogens is 1. The summed E-state index contributed by atoms with van der Waals surface area (Å²) in [6.45, 7) is 5.52. The molecule has 128 valence electrons. The lowest BCUT2D eigenvalue weighted by molar-refractivity contribution is 0.173. The van der Waals surface area contributed by atoms with Gasteiger partial charge in [0.2, 0.25) is 11.8 Å². The maximum Gasteiger partial charge on any atom is 0.249 e. The number of nitrogens with zero attached hydrogens (tertiary/aromatic N) is 4. The Kier molecular flexibility index (Phi) is 4.83. The zero-order valence-electron chi connectivity index (χ0n) is 13.8. The Balaban J connectivity index is 1.42. The summed E-state index contributed by atoms with van der Waals surface area (Å²) in [4.78, 5) is 5.08. The van der Waals surface area contributed by atoms with Crippen LogP contribution in [0.25, 0.3) is 11.5 Å². The van der Waals surface area contributed by atoms with Crippen LogP contribution in [0.15, 0.2) is 28.7 Å². The Hall–Kier alpha value is -1.43. The number of hydrogen-bond donors (Lipinski definition) is 0. The second kappa shape index (κ2) is 7.21. The normalized spacial score (nSPS) is 22.5. The molecular weight excluding hydrogens is 324 g/mol. The van der Waals surface area contributed by atoms with Crippen molar-refractivity contribution in [1.82, 2.24) is 20.0 Å². The highest BCUT2D eigenvalue weighted by Gasteiger charge is 2.28. The minimum absolute atomic E-state index is 0.505. The Labute approximate surface area is 147 Å². The first-order valence-electron chi connectivity index (χ1n) is 8.83. The van der Waals surface area contributed by atoms with Gasteiger partial charge in [-0.15, -0.1) is 10.2 Å². The second-order valence-corrected chi connectivity index (χ2v) is 7.16. The van der Waals surface area contributed by atoms with Gasteiger partial charge in [0, 0.05) is 12.6 Å². The summed E-state index contributed by atoms with van der Waals surface area (Å²) in [5, 5.41) is 9.05. The molecule has 0 aliphatic carbocycles. The number of likely N-dealkylation sites (tertiary alicyclic amines) is 2. The van der Waals surface area contributed by atoms with Gasteiger partial charge in [0.1, 0.15) is 0 Å². The van der Waals surface area contributed by atoms with Gasteiger partial charge in [0.25, 0.3) is 0 Å². The van der Waals surface area contributed by atoms with Gasteiger partial charge in [-0.05, 0) is 57.5 Å². The highest BCUT2D eigenvalue weighted by Crippen LogP contribution is 2.27. The van der Waals surface area contributed by atoms with Crippen molar-refractivity contribution >= 4 is 11.6 Å². The average Bonchev–Trinajstić information content (AvgIpc) is 3.32. The first-order chi connectivity index (χ1) is 11.8. The first kappa shape index (κ1) is 16.1. The van der Waals surface area contributed by atoms with Crippen molar-refractivity contribution in [2.75, 3.05) is 26.2 Å². The topological polar surface area (TPSA) is 45.4 Å². The molecule has 0 bridgehead atoms. The summed E-state index contributed by atoms with van der Waals surface area (Å²) in [5.41, 5.74) is 0.799. The lowest BCUT2D eigenvalue weighted by Crippen LogP contribution is -2.38. The van der Waals surface area contributed by atoms with Crippen LogP contribution in [-0.2, 0) is 6.54 Å². The lowest BCUT2D eigenvalue weighted by atomic mass is 10.2. The van der Waals surface area contributed by atoms with E-state index in [1.54, 1.807) is 0 Å². The van der Waals surface area contributed by atoms with Crippen LogP contribution in [-0.4, -0.2) is 52.2 Å².